The van der Waals surface area contributed by atoms with Gasteiger partial charge in [-0.05, 0) is 6.07 Å². The molecule has 0 radical (unpaired) electrons. The molecular formula is C4H4BF2NO2. The van der Waals surface area contributed by atoms with Crippen LogP contribution >= 0.6 is 0 Å². The van der Waals surface area contributed by atoms with Crippen LogP contribution in [0, 0.1) is 11.8 Å². The van der Waals surface area contributed by atoms with Gasteiger partial charge in [0.1, 0.15) is 0 Å². The van der Waals surface area contributed by atoms with Crippen LogP contribution in [0.1, 0.15) is 0 Å². The molecule has 0 atom stereocenters. The van der Waals surface area contributed by atoms with E-state index in [9.17, 15) is 8.78 Å². The smallest absolute Gasteiger partial charge is 0.422 e. The molecule has 1 aromatic heterocycles. The Kier molecular flexibility index (Phi) is 1.73. The van der Waals surface area contributed by atoms with Crippen molar-refractivity contribution in [1.82, 2.24) is 4.98 Å². The summed E-state index contributed by atoms with van der Waals surface area (Å²) in [6.07, 6.45) is 0. The molecule has 1 rings (SSSR count). The summed E-state index contributed by atoms with van der Waals surface area (Å²) in [5.74, 6) is -2.31. The van der Waals surface area contributed by atoms with Gasteiger partial charge in [0, 0.05) is 0 Å². The number of hydrogen-bond acceptors (Lipinski definition) is 2. The highest BCUT2D eigenvalue weighted by atomic mass is 19.2. The van der Waals surface area contributed by atoms with Crippen LogP contribution in [0.5, 0.6) is 0 Å². The van der Waals surface area contributed by atoms with Gasteiger partial charge in [0.25, 0.3) is 0 Å². The molecule has 0 amide bonds. The van der Waals surface area contributed by atoms with Gasteiger partial charge in [-0.15, -0.1) is 0 Å². The summed E-state index contributed by atoms with van der Waals surface area (Å²) in [5, 5.41) is 16.7. The van der Waals surface area contributed by atoms with E-state index >= 15 is 0 Å². The summed E-state index contributed by atoms with van der Waals surface area (Å²) in [6, 6.07) is 0.681. The first kappa shape index (κ1) is 7.23. The standard InChI is InChI=1S/C4H4BF2NO2/c6-2-1-3(5(9)10)8-4(2)7/h1,8-10H. The fraction of sp³-hybridized carbons (Fsp3) is 0. The van der Waals surface area contributed by atoms with Crippen molar-refractivity contribution < 1.29 is 18.8 Å². The molecule has 0 spiro atoms. The normalized spacial score (nSPS) is 10.0. The van der Waals surface area contributed by atoms with Gasteiger partial charge in [0.15, 0.2) is 5.82 Å². The van der Waals surface area contributed by atoms with Gasteiger partial charge in [-0.2, -0.15) is 4.39 Å². The minimum atomic E-state index is -1.86. The summed E-state index contributed by atoms with van der Waals surface area (Å²) in [4.78, 5) is 1.80. The molecule has 0 aliphatic heterocycles. The monoisotopic (exact) mass is 147 g/mol. The highest BCUT2D eigenvalue weighted by Crippen LogP contribution is 1.98. The van der Waals surface area contributed by atoms with Crippen LogP contribution in [-0.4, -0.2) is 22.2 Å². The summed E-state index contributed by atoms with van der Waals surface area (Å²) in [7, 11) is -1.86. The predicted molar refractivity (Wildman–Crippen MR) is 30.5 cm³/mol. The Hall–Kier alpha value is -0.875. The summed E-state index contributed by atoms with van der Waals surface area (Å²) < 4.78 is 24.1. The maximum Gasteiger partial charge on any atom is 0.505 e. The zero-order valence-electron chi connectivity index (χ0n) is 4.81. The number of nitrogens with one attached hydrogen (secondary N) is 1. The Bertz CT molecular complexity index is 218. The molecule has 0 fully saturated rings. The number of halogens is 2. The molecule has 0 saturated heterocycles. The molecule has 3 nitrogen and oxygen atoms in total. The van der Waals surface area contributed by atoms with E-state index < -0.39 is 18.9 Å². The summed E-state index contributed by atoms with van der Waals surface area (Å²) >= 11 is 0. The Labute approximate surface area is 55.5 Å². The fourth-order valence-electron chi connectivity index (χ4n) is 0.561. The van der Waals surface area contributed by atoms with Crippen LogP contribution in [0.2, 0.25) is 0 Å². The van der Waals surface area contributed by atoms with E-state index in [0.717, 1.165) is 0 Å². The van der Waals surface area contributed by atoms with Crippen molar-refractivity contribution in [3.63, 3.8) is 0 Å². The van der Waals surface area contributed by atoms with E-state index in [1.807, 2.05) is 0 Å². The molecule has 0 unspecified atom stereocenters. The SMILES string of the molecule is OB(O)c1cc(F)c(F)[nH]1. The van der Waals surface area contributed by atoms with Gasteiger partial charge >= 0.3 is 7.12 Å². The average Bonchev–Trinajstić information content (AvgIpc) is 2.13. The molecule has 54 valence electrons. The molecule has 0 aromatic carbocycles. The van der Waals surface area contributed by atoms with Gasteiger partial charge in [-0.1, -0.05) is 0 Å². The molecule has 3 N–H and O–H groups in total. The molecule has 1 heterocycles. The van der Waals surface area contributed by atoms with Gasteiger partial charge in [-0.25, -0.2) is 4.39 Å². The Morgan fingerprint density at radius 3 is 2.20 bits per heavy atom. The van der Waals surface area contributed by atoms with Crippen LogP contribution < -0.4 is 5.59 Å². The third kappa shape index (κ3) is 1.17. The fourth-order valence-corrected chi connectivity index (χ4v) is 0.561. The highest BCUT2D eigenvalue weighted by Gasteiger charge is 2.16. The Morgan fingerprint density at radius 2 is 2.00 bits per heavy atom. The van der Waals surface area contributed by atoms with Crippen molar-refractivity contribution in [2.45, 2.75) is 0 Å². The van der Waals surface area contributed by atoms with Crippen LogP contribution in [0.25, 0.3) is 0 Å². The largest absolute Gasteiger partial charge is 0.505 e. The highest BCUT2D eigenvalue weighted by molar-refractivity contribution is 6.57. The average molecular weight is 147 g/mol. The number of hydrogen-bond donors (Lipinski definition) is 3. The minimum Gasteiger partial charge on any atom is -0.422 e. The maximum absolute atomic E-state index is 12.1. The topological polar surface area (TPSA) is 56.2 Å². The minimum absolute atomic E-state index is 0.296. The predicted octanol–water partition coefficient (Wildman–Crippen LogP) is -1.03. The lowest BCUT2D eigenvalue weighted by molar-refractivity contribution is 0.423. The van der Waals surface area contributed by atoms with Crippen LogP contribution in [-0.2, 0) is 0 Å². The molecule has 1 aromatic rings. The third-order valence-electron chi connectivity index (χ3n) is 1.02. The maximum atomic E-state index is 12.1. The van der Waals surface area contributed by atoms with Crippen molar-refractivity contribution in [3.05, 3.63) is 17.8 Å². The van der Waals surface area contributed by atoms with Crippen molar-refractivity contribution in [2.24, 2.45) is 0 Å². The lowest BCUT2D eigenvalue weighted by atomic mass is 9.87. The van der Waals surface area contributed by atoms with Gasteiger partial charge in [0.05, 0.1) is 5.59 Å². The second-order valence-electron chi connectivity index (χ2n) is 1.76. The van der Waals surface area contributed by atoms with E-state index in [4.69, 9.17) is 10.0 Å². The zero-order valence-corrected chi connectivity index (χ0v) is 4.81. The zero-order chi connectivity index (χ0) is 7.72. The lowest BCUT2D eigenvalue weighted by Crippen LogP contribution is -2.30. The van der Waals surface area contributed by atoms with Gasteiger partial charge in [-0.3, -0.25) is 0 Å². The molecular weight excluding hydrogens is 143 g/mol. The Morgan fingerprint density at radius 1 is 1.40 bits per heavy atom. The molecule has 0 bridgehead atoms. The first-order chi connectivity index (χ1) is 4.61. The van der Waals surface area contributed by atoms with Crippen LogP contribution in [0.3, 0.4) is 0 Å². The van der Waals surface area contributed by atoms with Crippen molar-refractivity contribution in [1.29, 1.82) is 0 Å². The number of H-pyrrole nitrogens is 1. The van der Waals surface area contributed by atoms with E-state index in [1.165, 1.54) is 0 Å². The number of rotatable bonds is 1. The number of aromatic amines is 1. The van der Waals surface area contributed by atoms with E-state index in [-0.39, 0.29) is 5.59 Å². The van der Waals surface area contributed by atoms with Crippen molar-refractivity contribution in [3.8, 4) is 0 Å². The van der Waals surface area contributed by atoms with Gasteiger partial charge < -0.3 is 15.0 Å². The Balaban J connectivity index is 2.98. The molecule has 0 aliphatic carbocycles. The molecule has 0 aliphatic rings. The van der Waals surface area contributed by atoms with Crippen LogP contribution in [0.4, 0.5) is 8.78 Å². The number of aromatic nitrogens is 1. The van der Waals surface area contributed by atoms with Gasteiger partial charge in [0.2, 0.25) is 5.95 Å². The van der Waals surface area contributed by atoms with Crippen LogP contribution in [0.15, 0.2) is 6.07 Å². The van der Waals surface area contributed by atoms with Crippen molar-refractivity contribution in [2.75, 3.05) is 0 Å². The second kappa shape index (κ2) is 2.39. The molecule has 10 heavy (non-hydrogen) atoms. The third-order valence-corrected chi connectivity index (χ3v) is 1.02. The quantitative estimate of drug-likeness (QED) is 0.445. The molecule has 0 saturated carbocycles. The van der Waals surface area contributed by atoms with E-state index in [0.29, 0.717) is 6.07 Å². The summed E-state index contributed by atoms with van der Waals surface area (Å²) in [6.45, 7) is 0. The van der Waals surface area contributed by atoms with E-state index in [2.05, 4.69) is 0 Å². The first-order valence-electron chi connectivity index (χ1n) is 2.51. The van der Waals surface area contributed by atoms with Crippen molar-refractivity contribution >= 4 is 12.7 Å². The molecule has 6 heteroatoms. The lowest BCUT2D eigenvalue weighted by Gasteiger charge is -1.88. The second-order valence-corrected chi connectivity index (χ2v) is 1.76. The first-order valence-corrected chi connectivity index (χ1v) is 2.51. The summed E-state index contributed by atoms with van der Waals surface area (Å²) in [5.41, 5.74) is -0.296. The van der Waals surface area contributed by atoms with E-state index in [1.54, 1.807) is 4.98 Å².